The topological polar surface area (TPSA) is 95.9 Å². The summed E-state index contributed by atoms with van der Waals surface area (Å²) in [6.45, 7) is 2.50. The van der Waals surface area contributed by atoms with Crippen LogP contribution in [-0.2, 0) is 16.1 Å². The molecule has 1 fully saturated rings. The number of carboxylic acid groups (broad SMARTS) is 1. The first-order chi connectivity index (χ1) is 13.9. The Hall–Kier alpha value is -3.35. The van der Waals surface area contributed by atoms with Crippen LogP contribution >= 0.6 is 0 Å². The van der Waals surface area contributed by atoms with Crippen LogP contribution < -0.4 is 10.1 Å². The molecule has 0 spiro atoms. The zero-order valence-electron chi connectivity index (χ0n) is 16.4. The lowest BCUT2D eigenvalue weighted by Crippen LogP contribution is -2.33. The molecule has 2 aromatic carbocycles. The molecule has 0 aromatic heterocycles. The summed E-state index contributed by atoms with van der Waals surface area (Å²) in [4.78, 5) is 38.1. The zero-order valence-corrected chi connectivity index (χ0v) is 16.4. The Labute approximate surface area is 169 Å². The number of methoxy groups -OCH3 is 1. The number of aromatic carboxylic acids is 1. The smallest absolute Gasteiger partial charge is 0.339 e. The number of carbonyl (C=O) groups excluding carboxylic acids is 2. The summed E-state index contributed by atoms with van der Waals surface area (Å²) in [5.74, 6) is -1.51. The third-order valence-corrected chi connectivity index (χ3v) is 5.24. The number of hydrogen-bond acceptors (Lipinski definition) is 4. The molecule has 3 rings (SSSR count). The normalized spacial score (nSPS) is 17.1. The number of likely N-dealkylation sites (tertiary alicyclic amines) is 1. The molecule has 2 amide bonds. The lowest BCUT2D eigenvalue weighted by Gasteiger charge is -2.25. The van der Waals surface area contributed by atoms with Crippen molar-refractivity contribution in [2.45, 2.75) is 25.9 Å². The van der Waals surface area contributed by atoms with Crippen molar-refractivity contribution in [3.05, 3.63) is 65.2 Å². The van der Waals surface area contributed by atoms with Gasteiger partial charge in [0, 0.05) is 19.5 Å². The van der Waals surface area contributed by atoms with Crippen LogP contribution in [0.25, 0.3) is 0 Å². The maximum atomic E-state index is 12.6. The summed E-state index contributed by atoms with van der Waals surface area (Å²) in [6, 6.07) is 14.4. The van der Waals surface area contributed by atoms with Crippen LogP contribution in [0.3, 0.4) is 0 Å². The van der Waals surface area contributed by atoms with Gasteiger partial charge in [-0.05, 0) is 30.2 Å². The van der Waals surface area contributed by atoms with Crippen molar-refractivity contribution < 1.29 is 24.2 Å². The number of ether oxygens (including phenoxy) is 1. The summed E-state index contributed by atoms with van der Waals surface area (Å²) < 4.78 is 5.04. The highest BCUT2D eigenvalue weighted by molar-refractivity contribution is 5.91. The van der Waals surface area contributed by atoms with E-state index in [0.717, 1.165) is 5.56 Å². The van der Waals surface area contributed by atoms with Gasteiger partial charge in [0.25, 0.3) is 0 Å². The molecule has 0 bridgehead atoms. The van der Waals surface area contributed by atoms with E-state index in [0.29, 0.717) is 12.1 Å². The van der Waals surface area contributed by atoms with E-state index in [-0.39, 0.29) is 42.1 Å². The Balaban J connectivity index is 1.61. The Morgan fingerprint density at radius 3 is 2.62 bits per heavy atom. The second-order valence-electron chi connectivity index (χ2n) is 7.09. The van der Waals surface area contributed by atoms with Crippen molar-refractivity contribution in [2.75, 3.05) is 13.7 Å². The number of carboxylic acids is 1. The van der Waals surface area contributed by atoms with Crippen LogP contribution in [0, 0.1) is 5.92 Å². The first-order valence-corrected chi connectivity index (χ1v) is 9.43. The average molecular weight is 396 g/mol. The van der Waals surface area contributed by atoms with Crippen molar-refractivity contribution in [1.29, 1.82) is 0 Å². The Kier molecular flexibility index (Phi) is 6.16. The molecule has 0 aliphatic carbocycles. The lowest BCUT2D eigenvalue weighted by molar-refractivity contribution is -0.130. The van der Waals surface area contributed by atoms with Gasteiger partial charge >= 0.3 is 5.97 Å². The first kappa shape index (κ1) is 20.4. The van der Waals surface area contributed by atoms with Crippen molar-refractivity contribution in [1.82, 2.24) is 10.2 Å². The second-order valence-corrected chi connectivity index (χ2v) is 7.09. The molecular weight excluding hydrogens is 372 g/mol. The first-order valence-electron chi connectivity index (χ1n) is 9.43. The molecule has 0 radical (unpaired) electrons. The molecule has 1 aliphatic heterocycles. The van der Waals surface area contributed by atoms with Gasteiger partial charge in [-0.25, -0.2) is 4.79 Å². The predicted molar refractivity (Wildman–Crippen MR) is 106 cm³/mol. The van der Waals surface area contributed by atoms with Crippen LogP contribution in [0.15, 0.2) is 48.5 Å². The highest BCUT2D eigenvalue weighted by Gasteiger charge is 2.36. The van der Waals surface area contributed by atoms with Crippen LogP contribution in [0.5, 0.6) is 5.75 Å². The van der Waals surface area contributed by atoms with E-state index in [2.05, 4.69) is 5.32 Å². The van der Waals surface area contributed by atoms with Gasteiger partial charge in [-0.15, -0.1) is 0 Å². The minimum atomic E-state index is -1.10. The van der Waals surface area contributed by atoms with Gasteiger partial charge in [-0.3, -0.25) is 9.59 Å². The molecule has 2 aromatic rings. The van der Waals surface area contributed by atoms with Crippen molar-refractivity contribution in [3.63, 3.8) is 0 Å². The van der Waals surface area contributed by atoms with E-state index in [1.54, 1.807) is 17.0 Å². The number of nitrogens with zero attached hydrogens (tertiary/aromatic N) is 1. The van der Waals surface area contributed by atoms with Crippen molar-refractivity contribution in [3.8, 4) is 5.75 Å². The maximum Gasteiger partial charge on any atom is 0.339 e. The van der Waals surface area contributed by atoms with Crippen molar-refractivity contribution >= 4 is 17.8 Å². The standard InChI is InChI=1S/C22H24N2O5/c1-14(16-6-4-3-5-7-16)24-13-17(11-20(24)25)21(26)23-12-15-8-9-19(29-2)18(10-15)22(27)28/h3-10,14,17H,11-13H2,1-2H3,(H,23,26)(H,27,28). The Bertz CT molecular complexity index is 913. The highest BCUT2D eigenvalue weighted by atomic mass is 16.5. The van der Waals surface area contributed by atoms with E-state index in [1.807, 2.05) is 37.3 Å². The molecule has 2 atom stereocenters. The summed E-state index contributed by atoms with van der Waals surface area (Å²) in [5.41, 5.74) is 1.72. The quantitative estimate of drug-likeness (QED) is 0.750. The number of rotatable bonds is 7. The third-order valence-electron chi connectivity index (χ3n) is 5.24. The molecule has 2 N–H and O–H groups in total. The molecule has 29 heavy (non-hydrogen) atoms. The predicted octanol–water partition coefficient (Wildman–Crippen LogP) is 2.62. The molecule has 152 valence electrons. The second kappa shape index (κ2) is 8.77. The SMILES string of the molecule is COc1ccc(CNC(=O)C2CC(=O)N(C(C)c3ccccc3)C2)cc1C(=O)O. The van der Waals surface area contributed by atoms with E-state index < -0.39 is 11.9 Å². The van der Waals surface area contributed by atoms with Crippen LogP contribution in [0.1, 0.15) is 40.9 Å². The number of benzene rings is 2. The van der Waals surface area contributed by atoms with Crippen LogP contribution in [0.4, 0.5) is 0 Å². The van der Waals surface area contributed by atoms with Crippen LogP contribution in [-0.4, -0.2) is 41.4 Å². The number of carbonyl (C=O) groups is 3. The van der Waals surface area contributed by atoms with E-state index in [1.165, 1.54) is 13.2 Å². The van der Waals surface area contributed by atoms with E-state index in [4.69, 9.17) is 4.74 Å². The molecule has 1 saturated heterocycles. The summed E-state index contributed by atoms with van der Waals surface area (Å²) in [6.07, 6.45) is 0.173. The largest absolute Gasteiger partial charge is 0.496 e. The van der Waals surface area contributed by atoms with Gasteiger partial charge in [-0.2, -0.15) is 0 Å². The zero-order chi connectivity index (χ0) is 21.0. The fraction of sp³-hybridized carbons (Fsp3) is 0.318. The van der Waals surface area contributed by atoms with Gasteiger partial charge in [0.1, 0.15) is 11.3 Å². The summed E-state index contributed by atoms with van der Waals surface area (Å²) in [5, 5.41) is 12.1. The molecule has 1 aliphatic rings. The molecule has 7 heteroatoms. The maximum absolute atomic E-state index is 12.6. The minimum Gasteiger partial charge on any atom is -0.496 e. The molecule has 2 unspecified atom stereocenters. The fourth-order valence-corrected chi connectivity index (χ4v) is 3.56. The summed E-state index contributed by atoms with van der Waals surface area (Å²) in [7, 11) is 1.41. The molecular formula is C22H24N2O5. The lowest BCUT2D eigenvalue weighted by atomic mass is 10.1. The average Bonchev–Trinajstić information content (AvgIpc) is 3.13. The van der Waals surface area contributed by atoms with Gasteiger partial charge in [0.05, 0.1) is 19.1 Å². The van der Waals surface area contributed by atoms with Crippen molar-refractivity contribution in [2.24, 2.45) is 5.92 Å². The number of nitrogens with one attached hydrogen (secondary N) is 1. The van der Waals surface area contributed by atoms with Crippen LogP contribution in [0.2, 0.25) is 0 Å². The van der Waals surface area contributed by atoms with E-state index in [9.17, 15) is 19.5 Å². The highest BCUT2D eigenvalue weighted by Crippen LogP contribution is 2.28. The molecule has 7 nitrogen and oxygen atoms in total. The van der Waals surface area contributed by atoms with Gasteiger partial charge in [0.2, 0.25) is 11.8 Å². The third kappa shape index (κ3) is 4.56. The minimum absolute atomic E-state index is 0.0400. The van der Waals surface area contributed by atoms with E-state index >= 15 is 0 Å². The number of amides is 2. The monoisotopic (exact) mass is 396 g/mol. The Morgan fingerprint density at radius 1 is 1.24 bits per heavy atom. The fourth-order valence-electron chi connectivity index (χ4n) is 3.56. The summed E-state index contributed by atoms with van der Waals surface area (Å²) >= 11 is 0. The Morgan fingerprint density at radius 2 is 1.97 bits per heavy atom. The molecule has 0 saturated carbocycles. The van der Waals surface area contributed by atoms with Gasteiger partial charge in [-0.1, -0.05) is 36.4 Å². The molecule has 1 heterocycles. The van der Waals surface area contributed by atoms with Gasteiger partial charge < -0.3 is 20.1 Å². The number of hydrogen-bond donors (Lipinski definition) is 2. The van der Waals surface area contributed by atoms with Gasteiger partial charge in [0.15, 0.2) is 0 Å².